The maximum Gasteiger partial charge on any atom is 0.269 e. The van der Waals surface area contributed by atoms with Crippen molar-refractivity contribution in [1.29, 1.82) is 0 Å². The molecule has 5 aromatic carbocycles. The summed E-state index contributed by atoms with van der Waals surface area (Å²) in [5.74, 6) is 0.544. The number of fused-ring (bicyclic) bond motifs is 3. The zero-order valence-electron chi connectivity index (χ0n) is 34.3. The van der Waals surface area contributed by atoms with Gasteiger partial charge in [0.25, 0.3) is 11.8 Å². The van der Waals surface area contributed by atoms with Gasteiger partial charge in [-0.1, -0.05) is 115 Å². The minimum atomic E-state index is -2.46. The predicted octanol–water partition coefficient (Wildman–Crippen LogP) is 7.32. The quantitative estimate of drug-likeness (QED) is 0.128. The van der Waals surface area contributed by atoms with E-state index in [0.29, 0.717) is 42.3 Å². The Hall–Kier alpha value is -6.08. The van der Waals surface area contributed by atoms with Crippen LogP contribution in [-0.2, 0) is 33.0 Å². The van der Waals surface area contributed by atoms with E-state index in [1.165, 1.54) is 5.19 Å². The van der Waals surface area contributed by atoms with Gasteiger partial charge in [-0.2, -0.15) is 0 Å². The van der Waals surface area contributed by atoms with E-state index in [1.807, 2.05) is 131 Å². The van der Waals surface area contributed by atoms with Crippen molar-refractivity contribution in [1.82, 2.24) is 15.0 Å². The van der Waals surface area contributed by atoms with Gasteiger partial charge in [0.1, 0.15) is 11.5 Å². The molecule has 306 valence electrons. The van der Waals surface area contributed by atoms with Crippen LogP contribution >= 0.6 is 0 Å². The van der Waals surface area contributed by atoms with E-state index in [-0.39, 0.29) is 48.5 Å². The number of aliphatic hydroxyl groups excluding tert-OH is 1. The van der Waals surface area contributed by atoms with Gasteiger partial charge in [0, 0.05) is 29.9 Å². The number of hydrogen-bond acceptors (Lipinski definition) is 8. The van der Waals surface area contributed by atoms with Gasteiger partial charge >= 0.3 is 0 Å². The lowest BCUT2D eigenvalue weighted by atomic mass is 9.82. The van der Waals surface area contributed by atoms with Crippen LogP contribution in [-0.4, -0.2) is 66.4 Å². The fourth-order valence-electron chi connectivity index (χ4n) is 9.92. The molecular formula is C48H49N5O6Si. The lowest BCUT2D eigenvalue weighted by molar-refractivity contribution is -0.146. The monoisotopic (exact) mass is 819 g/mol. The molecule has 1 saturated heterocycles. The maximum atomic E-state index is 15.6. The first-order valence-electron chi connectivity index (χ1n) is 20.6. The number of hydrogen-bond donors (Lipinski definition) is 1. The van der Waals surface area contributed by atoms with Crippen molar-refractivity contribution >= 4 is 42.1 Å². The number of methoxy groups -OCH3 is 1. The van der Waals surface area contributed by atoms with Gasteiger partial charge in [0.15, 0.2) is 12.2 Å². The van der Waals surface area contributed by atoms with Crippen molar-refractivity contribution in [2.75, 3.05) is 30.1 Å². The van der Waals surface area contributed by atoms with Gasteiger partial charge in [0.05, 0.1) is 57.4 Å². The third-order valence-corrected chi connectivity index (χ3v) is 17.3. The second-order valence-electron chi connectivity index (χ2n) is 16.6. The number of carbonyl (C=O) groups is 2. The van der Waals surface area contributed by atoms with E-state index in [9.17, 15) is 9.90 Å². The molecule has 0 aliphatic carbocycles. The summed E-state index contributed by atoms with van der Waals surface area (Å²) in [4.78, 5) is 32.8. The molecule has 3 aliphatic heterocycles. The van der Waals surface area contributed by atoms with E-state index < -0.39 is 13.7 Å². The molecule has 1 aromatic heterocycles. The molecule has 0 radical (unpaired) electrons. The average Bonchev–Trinajstić information content (AvgIpc) is 3.93. The fraction of sp³-hybridized carbons (Fsp3) is 0.292. The van der Waals surface area contributed by atoms with Crippen molar-refractivity contribution in [2.24, 2.45) is 5.92 Å². The van der Waals surface area contributed by atoms with Gasteiger partial charge in [-0.3, -0.25) is 19.2 Å². The molecule has 5 atom stereocenters. The van der Waals surface area contributed by atoms with Crippen LogP contribution in [0.4, 0.5) is 17.1 Å². The maximum absolute atomic E-state index is 15.6. The summed E-state index contributed by atoms with van der Waals surface area (Å²) in [5.41, 5.74) is 4.12. The van der Waals surface area contributed by atoms with E-state index in [2.05, 4.69) is 42.5 Å². The largest absolute Gasteiger partial charge is 0.497 e. The highest BCUT2D eigenvalue weighted by Crippen LogP contribution is 2.61. The Kier molecular flexibility index (Phi) is 10.4. The molecule has 0 saturated carbocycles. The molecule has 1 unspecified atom stereocenters. The molecule has 2 amide bonds. The topological polar surface area (TPSA) is 119 Å². The fourth-order valence-corrected chi connectivity index (χ4v) is 14.0. The standard InChI is InChI=1S/C48H49N5O6Si/c1-32-46(60(3,4)37-22-20-36(57-2)21-23-37)44(25-26-51-29-40(49-50-51)38(30-54)34-15-9-6-10-16-34)59-48(32)39-27-35(53-42-17-11-12-18-43(42)58-31-45(53)55)19-24-41(39)52(47(48)56)28-33-13-7-5-8-14-33/h5-24,27,29,32,38,44,46,54H,25-26,28,30-31H2,1-4H3/t32-,38?,44+,46-,48+/m0/s1. The Morgan fingerprint density at radius 1 is 0.900 bits per heavy atom. The number of aryl methyl sites for hydroxylation is 1. The number of aromatic nitrogens is 3. The molecule has 60 heavy (non-hydrogen) atoms. The summed E-state index contributed by atoms with van der Waals surface area (Å²) in [7, 11) is -0.794. The molecule has 12 heteroatoms. The van der Waals surface area contributed by atoms with Gasteiger partial charge in [-0.15, -0.1) is 5.10 Å². The zero-order chi connectivity index (χ0) is 41.6. The van der Waals surface area contributed by atoms with Crippen molar-refractivity contribution < 1.29 is 28.9 Å². The number of rotatable bonds is 12. The zero-order valence-corrected chi connectivity index (χ0v) is 35.3. The van der Waals surface area contributed by atoms with Gasteiger partial charge in [-0.25, -0.2) is 0 Å². The second kappa shape index (κ2) is 15.8. The molecule has 6 aromatic rings. The Labute approximate surface area is 351 Å². The van der Waals surface area contributed by atoms with Crippen LogP contribution in [0.5, 0.6) is 11.5 Å². The number of benzene rings is 5. The Balaban J connectivity index is 1.14. The van der Waals surface area contributed by atoms with Crippen molar-refractivity contribution in [3.8, 4) is 11.5 Å². The number of nitrogens with zero attached hydrogens (tertiary/aromatic N) is 5. The lowest BCUT2D eigenvalue weighted by Gasteiger charge is -2.37. The van der Waals surface area contributed by atoms with Crippen molar-refractivity contribution in [3.63, 3.8) is 0 Å². The van der Waals surface area contributed by atoms with Gasteiger partial charge in [0.2, 0.25) is 0 Å². The Morgan fingerprint density at radius 2 is 1.62 bits per heavy atom. The van der Waals surface area contributed by atoms with Crippen LogP contribution in [0, 0.1) is 5.92 Å². The molecule has 3 aliphatic rings. The van der Waals surface area contributed by atoms with Crippen LogP contribution in [0.2, 0.25) is 18.6 Å². The number of aliphatic hydroxyl groups is 1. The molecule has 1 spiro atoms. The highest BCUT2D eigenvalue weighted by atomic mass is 28.3. The lowest BCUT2D eigenvalue weighted by Crippen LogP contribution is -2.51. The smallest absolute Gasteiger partial charge is 0.269 e. The summed E-state index contributed by atoms with van der Waals surface area (Å²) in [5, 5.41) is 20.6. The molecular weight excluding hydrogens is 771 g/mol. The van der Waals surface area contributed by atoms with Crippen LogP contribution < -0.4 is 24.5 Å². The Morgan fingerprint density at radius 3 is 2.35 bits per heavy atom. The summed E-state index contributed by atoms with van der Waals surface area (Å²) in [6, 6.07) is 41.6. The van der Waals surface area contributed by atoms with E-state index in [0.717, 1.165) is 28.1 Å². The van der Waals surface area contributed by atoms with Crippen molar-refractivity contribution in [3.05, 3.63) is 156 Å². The minimum absolute atomic E-state index is 0.0220. The number of carbonyl (C=O) groups excluding carboxylic acids is 2. The van der Waals surface area contributed by atoms with Crippen LogP contribution in [0.15, 0.2) is 134 Å². The summed E-state index contributed by atoms with van der Waals surface area (Å²) in [6.07, 6.45) is 2.13. The number of para-hydroxylation sites is 2. The number of ether oxygens (including phenoxy) is 3. The van der Waals surface area contributed by atoms with Crippen LogP contribution in [0.1, 0.15) is 41.6 Å². The first-order chi connectivity index (χ1) is 29.1. The SMILES string of the molecule is COc1ccc([Si](C)(C)[C@@H]2[C@@H](CCn3cc(C(CO)c4ccccc4)nn3)O[C@]3(C(=O)N(Cc4ccccc4)c4ccc(N5C(=O)COc6ccccc65)cc43)[C@H]2C)cc1. The van der Waals surface area contributed by atoms with Gasteiger partial charge in [-0.05, 0) is 65.6 Å². The third-order valence-electron chi connectivity index (χ3n) is 12.9. The minimum Gasteiger partial charge on any atom is -0.497 e. The molecule has 0 bridgehead atoms. The van der Waals surface area contributed by atoms with Crippen LogP contribution in [0.25, 0.3) is 0 Å². The second-order valence-corrected chi connectivity index (χ2v) is 21.2. The molecule has 11 nitrogen and oxygen atoms in total. The van der Waals surface area contributed by atoms with E-state index in [4.69, 9.17) is 14.2 Å². The molecule has 1 fully saturated rings. The normalized spacial score (nSPS) is 21.5. The molecule has 9 rings (SSSR count). The third kappa shape index (κ3) is 6.68. The van der Waals surface area contributed by atoms with E-state index >= 15 is 4.79 Å². The van der Waals surface area contributed by atoms with Crippen LogP contribution in [0.3, 0.4) is 0 Å². The summed E-state index contributed by atoms with van der Waals surface area (Å²) < 4.78 is 20.7. The number of anilines is 3. The first kappa shape index (κ1) is 39.4. The highest BCUT2D eigenvalue weighted by molar-refractivity contribution is 6.91. The number of amides is 2. The first-order valence-corrected chi connectivity index (χ1v) is 23.6. The van der Waals surface area contributed by atoms with Gasteiger partial charge < -0.3 is 24.2 Å². The van der Waals surface area contributed by atoms with E-state index in [1.54, 1.807) is 12.0 Å². The predicted molar refractivity (Wildman–Crippen MR) is 233 cm³/mol. The van der Waals surface area contributed by atoms with Crippen molar-refractivity contribution in [2.45, 2.75) is 62.7 Å². The molecule has 4 heterocycles. The highest BCUT2D eigenvalue weighted by Gasteiger charge is 2.66. The summed E-state index contributed by atoms with van der Waals surface area (Å²) in [6.45, 7) is 7.59. The summed E-state index contributed by atoms with van der Waals surface area (Å²) >= 11 is 0. The molecule has 1 N–H and O–H groups in total. The Bertz CT molecular complexity index is 2510. The average molecular weight is 820 g/mol.